The van der Waals surface area contributed by atoms with Crippen LogP contribution in [-0.2, 0) is 14.3 Å². The number of carbonyl (C=O) groups is 2. The van der Waals surface area contributed by atoms with E-state index in [1.165, 1.54) is 18.3 Å². The molecule has 0 spiro atoms. The lowest BCUT2D eigenvalue weighted by atomic mass is 9.96. The van der Waals surface area contributed by atoms with E-state index in [0.29, 0.717) is 44.3 Å². The van der Waals surface area contributed by atoms with Crippen LogP contribution < -0.4 is 24.4 Å². The van der Waals surface area contributed by atoms with Gasteiger partial charge in [-0.25, -0.2) is 9.79 Å². The van der Waals surface area contributed by atoms with Crippen LogP contribution in [0.15, 0.2) is 68.4 Å². The van der Waals surface area contributed by atoms with E-state index in [1.54, 1.807) is 54.5 Å². The molecule has 198 valence electrons. The van der Waals surface area contributed by atoms with E-state index in [-0.39, 0.29) is 12.2 Å². The van der Waals surface area contributed by atoms with Gasteiger partial charge in [-0.3, -0.25) is 14.2 Å². The lowest BCUT2D eigenvalue weighted by molar-refractivity contribution is -0.139. The highest BCUT2D eigenvalue weighted by atomic mass is 32.2. The number of thiazole rings is 1. The molecule has 0 saturated carbocycles. The Bertz CT molecular complexity index is 1580. The van der Waals surface area contributed by atoms with Gasteiger partial charge in [-0.1, -0.05) is 29.5 Å². The maximum absolute atomic E-state index is 13.8. The van der Waals surface area contributed by atoms with E-state index in [4.69, 9.17) is 14.2 Å². The van der Waals surface area contributed by atoms with Gasteiger partial charge < -0.3 is 14.2 Å². The molecule has 8 nitrogen and oxygen atoms in total. The summed E-state index contributed by atoms with van der Waals surface area (Å²) >= 11 is 2.85. The summed E-state index contributed by atoms with van der Waals surface area (Å²) in [6.07, 6.45) is 3.73. The van der Waals surface area contributed by atoms with Crippen molar-refractivity contribution in [2.45, 2.75) is 38.6 Å². The molecule has 1 aromatic heterocycles. The molecule has 1 atom stereocenters. The van der Waals surface area contributed by atoms with E-state index in [1.807, 2.05) is 37.4 Å². The number of ether oxygens (including phenoxy) is 3. The second-order valence-electron chi connectivity index (χ2n) is 8.31. The van der Waals surface area contributed by atoms with E-state index < -0.39 is 18.0 Å². The molecule has 0 fully saturated rings. The SMILES string of the molecule is CCOC(=O)C1=C(C)N=c2s/c(=C\c3ccc(OC(C)=O)c(OCC)c3)c(=O)n2[C@H]1c1ccc(SC)cc1. The summed E-state index contributed by atoms with van der Waals surface area (Å²) in [4.78, 5) is 44.4. The van der Waals surface area contributed by atoms with Gasteiger partial charge in [-0.05, 0) is 68.5 Å². The molecule has 4 rings (SSSR count). The van der Waals surface area contributed by atoms with Gasteiger partial charge in [0, 0.05) is 11.8 Å². The predicted molar refractivity (Wildman–Crippen MR) is 148 cm³/mol. The number of carbonyl (C=O) groups excluding carboxylic acids is 2. The molecule has 2 aromatic carbocycles. The van der Waals surface area contributed by atoms with Crippen molar-refractivity contribution < 1.29 is 23.8 Å². The molecule has 0 bridgehead atoms. The summed E-state index contributed by atoms with van der Waals surface area (Å²) in [6.45, 7) is 7.25. The summed E-state index contributed by atoms with van der Waals surface area (Å²) in [5.41, 5.74) is 2.06. The first-order chi connectivity index (χ1) is 18.3. The Morgan fingerprint density at radius 3 is 2.47 bits per heavy atom. The minimum Gasteiger partial charge on any atom is -0.490 e. The van der Waals surface area contributed by atoms with Crippen LogP contribution in [0.4, 0.5) is 0 Å². The highest BCUT2D eigenvalue weighted by Crippen LogP contribution is 2.32. The van der Waals surface area contributed by atoms with Crippen molar-refractivity contribution in [1.82, 2.24) is 4.57 Å². The second-order valence-corrected chi connectivity index (χ2v) is 10.2. The lowest BCUT2D eigenvalue weighted by Gasteiger charge is -2.24. The minimum absolute atomic E-state index is 0.212. The second kappa shape index (κ2) is 11.8. The highest BCUT2D eigenvalue weighted by molar-refractivity contribution is 7.98. The molecule has 1 aliphatic heterocycles. The standard InChI is InChI=1S/C28H28N2O6S2/c1-6-34-22-14-18(8-13-21(22)36-17(4)31)15-23-26(32)30-25(19-9-11-20(37-5)12-10-19)24(27(33)35-7-2)16(3)29-28(30)38-23/h8-15,25H,6-7H2,1-5H3/b23-15-/t25-/m0/s1. The number of rotatable bonds is 8. The third kappa shape index (κ3) is 5.61. The molecule has 0 N–H and O–H groups in total. The topological polar surface area (TPSA) is 96.2 Å². The van der Waals surface area contributed by atoms with Crippen LogP contribution in [0.1, 0.15) is 44.9 Å². The van der Waals surface area contributed by atoms with Crippen LogP contribution in [0.5, 0.6) is 11.5 Å². The van der Waals surface area contributed by atoms with Crippen molar-refractivity contribution in [2.75, 3.05) is 19.5 Å². The molecule has 0 amide bonds. The molecule has 10 heteroatoms. The van der Waals surface area contributed by atoms with Crippen molar-refractivity contribution in [3.05, 3.63) is 84.5 Å². The Labute approximate surface area is 228 Å². The fourth-order valence-electron chi connectivity index (χ4n) is 4.17. The first-order valence-electron chi connectivity index (χ1n) is 12.1. The fourth-order valence-corrected chi connectivity index (χ4v) is 5.62. The number of hydrogen-bond donors (Lipinski definition) is 0. The molecule has 1 aliphatic rings. The average molecular weight is 553 g/mol. The van der Waals surface area contributed by atoms with Crippen molar-refractivity contribution in [2.24, 2.45) is 4.99 Å². The number of benzene rings is 2. The van der Waals surface area contributed by atoms with Gasteiger partial charge in [0.25, 0.3) is 5.56 Å². The first-order valence-corrected chi connectivity index (χ1v) is 14.1. The zero-order valence-corrected chi connectivity index (χ0v) is 23.4. The summed E-state index contributed by atoms with van der Waals surface area (Å²) in [6, 6.07) is 12.2. The van der Waals surface area contributed by atoms with Gasteiger partial charge in [0.1, 0.15) is 0 Å². The molecular weight excluding hydrogens is 524 g/mol. The maximum atomic E-state index is 13.8. The highest BCUT2D eigenvalue weighted by Gasteiger charge is 2.33. The van der Waals surface area contributed by atoms with Crippen LogP contribution in [0.3, 0.4) is 0 Å². The Morgan fingerprint density at radius 2 is 1.84 bits per heavy atom. The van der Waals surface area contributed by atoms with Crippen LogP contribution in [0.2, 0.25) is 0 Å². The number of nitrogens with zero attached hydrogens (tertiary/aromatic N) is 2. The number of thioether (sulfide) groups is 1. The van der Waals surface area contributed by atoms with Crippen molar-refractivity contribution in [3.8, 4) is 11.5 Å². The van der Waals surface area contributed by atoms with E-state index in [0.717, 1.165) is 10.5 Å². The number of hydrogen-bond acceptors (Lipinski definition) is 9. The molecule has 0 aliphatic carbocycles. The Balaban J connectivity index is 1.88. The van der Waals surface area contributed by atoms with Gasteiger partial charge in [0.05, 0.1) is 35.1 Å². The number of fused-ring (bicyclic) bond motifs is 1. The first kappa shape index (κ1) is 27.4. The smallest absolute Gasteiger partial charge is 0.338 e. The molecule has 0 radical (unpaired) electrons. The third-order valence-corrected chi connectivity index (χ3v) is 7.49. The normalized spacial score (nSPS) is 15.1. The summed E-state index contributed by atoms with van der Waals surface area (Å²) in [7, 11) is 0. The quantitative estimate of drug-likeness (QED) is 0.238. The largest absolute Gasteiger partial charge is 0.490 e. The van der Waals surface area contributed by atoms with Crippen LogP contribution in [0.25, 0.3) is 6.08 Å². The molecular formula is C28H28N2O6S2. The molecule has 0 unspecified atom stereocenters. The average Bonchev–Trinajstić information content (AvgIpc) is 3.19. The van der Waals surface area contributed by atoms with E-state index in [2.05, 4.69) is 4.99 Å². The molecule has 2 heterocycles. The summed E-state index contributed by atoms with van der Waals surface area (Å²) in [5.74, 6) is -0.243. The zero-order chi connectivity index (χ0) is 27.4. The van der Waals surface area contributed by atoms with Crippen LogP contribution >= 0.6 is 23.1 Å². The lowest BCUT2D eigenvalue weighted by Crippen LogP contribution is -2.39. The van der Waals surface area contributed by atoms with Crippen LogP contribution in [0, 0.1) is 0 Å². The maximum Gasteiger partial charge on any atom is 0.338 e. The van der Waals surface area contributed by atoms with Gasteiger partial charge in [-0.15, -0.1) is 11.8 Å². The summed E-state index contributed by atoms with van der Waals surface area (Å²) < 4.78 is 18.2. The number of aromatic nitrogens is 1. The Hall–Kier alpha value is -3.63. The number of allylic oxidation sites excluding steroid dienone is 1. The zero-order valence-electron chi connectivity index (χ0n) is 21.8. The van der Waals surface area contributed by atoms with Gasteiger partial charge in [0.2, 0.25) is 0 Å². The van der Waals surface area contributed by atoms with E-state index in [9.17, 15) is 14.4 Å². The summed E-state index contributed by atoms with van der Waals surface area (Å²) in [5, 5.41) is 0. The molecule has 38 heavy (non-hydrogen) atoms. The van der Waals surface area contributed by atoms with Crippen LogP contribution in [-0.4, -0.2) is 36.0 Å². The van der Waals surface area contributed by atoms with Gasteiger partial charge in [0.15, 0.2) is 16.3 Å². The van der Waals surface area contributed by atoms with Gasteiger partial charge in [-0.2, -0.15) is 0 Å². The fraction of sp³-hybridized carbons (Fsp3) is 0.286. The third-order valence-electron chi connectivity index (χ3n) is 5.77. The monoisotopic (exact) mass is 552 g/mol. The Morgan fingerprint density at radius 1 is 1.11 bits per heavy atom. The predicted octanol–water partition coefficient (Wildman–Crippen LogP) is 3.84. The van der Waals surface area contributed by atoms with Crippen molar-refractivity contribution in [3.63, 3.8) is 0 Å². The Kier molecular flexibility index (Phi) is 8.53. The van der Waals surface area contributed by atoms with Crippen molar-refractivity contribution in [1.29, 1.82) is 0 Å². The minimum atomic E-state index is -0.673. The molecule has 0 saturated heterocycles. The van der Waals surface area contributed by atoms with Gasteiger partial charge >= 0.3 is 11.9 Å². The molecule has 3 aromatic rings. The van der Waals surface area contributed by atoms with E-state index >= 15 is 0 Å². The number of esters is 2. The van der Waals surface area contributed by atoms with Crippen molar-refractivity contribution >= 4 is 41.1 Å².